The average molecular weight is 229 g/mol. The summed E-state index contributed by atoms with van der Waals surface area (Å²) in [6.07, 6.45) is 2.50. The summed E-state index contributed by atoms with van der Waals surface area (Å²) in [4.78, 5) is 10.9. The van der Waals surface area contributed by atoms with Crippen LogP contribution < -0.4 is 0 Å². The van der Waals surface area contributed by atoms with Crippen molar-refractivity contribution in [2.45, 2.75) is 6.92 Å². The van der Waals surface area contributed by atoms with Gasteiger partial charge in [-0.3, -0.25) is 0 Å². The fourth-order valence-corrected chi connectivity index (χ4v) is 1.17. The van der Waals surface area contributed by atoms with Gasteiger partial charge < -0.3 is 4.74 Å². The number of carbonyl (C=O) groups excluding carboxylic acids is 1. The van der Waals surface area contributed by atoms with Crippen LogP contribution in [-0.2, 0) is 9.53 Å². The Bertz CT molecular complexity index is 388. The Morgan fingerprint density at radius 3 is 3.00 bits per heavy atom. The molecule has 1 aromatic carbocycles. The molecule has 0 bridgehead atoms. The van der Waals surface area contributed by atoms with Crippen molar-refractivity contribution in [1.29, 1.82) is 0 Å². The van der Waals surface area contributed by atoms with Crippen LogP contribution in [0.1, 0.15) is 12.5 Å². The normalized spacial score (nSPS) is 10.6. The maximum absolute atomic E-state index is 13.1. The number of ether oxygens (including phenoxy) is 1. The molecule has 0 amide bonds. The van der Waals surface area contributed by atoms with Crippen LogP contribution in [0.5, 0.6) is 0 Å². The van der Waals surface area contributed by atoms with Gasteiger partial charge in [0.1, 0.15) is 5.82 Å². The monoisotopic (exact) mass is 228 g/mol. The molecule has 0 heterocycles. The van der Waals surface area contributed by atoms with E-state index in [1.54, 1.807) is 6.92 Å². The molecule has 0 aliphatic rings. The zero-order valence-electron chi connectivity index (χ0n) is 8.17. The Hall–Kier alpha value is -1.35. The predicted octanol–water partition coefficient (Wildman–Crippen LogP) is 3.06. The van der Waals surface area contributed by atoms with Crippen LogP contribution >= 0.6 is 11.6 Å². The van der Waals surface area contributed by atoms with Gasteiger partial charge in [0, 0.05) is 16.7 Å². The number of rotatable bonds is 3. The fraction of sp³-hybridized carbons (Fsp3) is 0.182. The second-order valence-electron chi connectivity index (χ2n) is 2.75. The minimum absolute atomic E-state index is 0.260. The number of esters is 1. The van der Waals surface area contributed by atoms with Crippen molar-refractivity contribution in [3.8, 4) is 0 Å². The summed E-state index contributed by atoms with van der Waals surface area (Å²) < 4.78 is 17.8. The maximum Gasteiger partial charge on any atom is 0.330 e. The van der Waals surface area contributed by atoms with E-state index in [9.17, 15) is 9.18 Å². The molecule has 0 atom stereocenters. The molecule has 0 aliphatic heterocycles. The molecule has 0 N–H and O–H groups in total. The standard InChI is InChI=1S/C11H10ClFO2/c1-2-15-11(14)6-3-8-7-9(12)4-5-10(8)13/h3-7H,2H2,1H3. The third kappa shape index (κ3) is 3.72. The molecule has 15 heavy (non-hydrogen) atoms. The van der Waals surface area contributed by atoms with E-state index in [1.807, 2.05) is 0 Å². The molecule has 0 saturated carbocycles. The number of hydrogen-bond acceptors (Lipinski definition) is 2. The Morgan fingerprint density at radius 2 is 2.33 bits per heavy atom. The molecule has 0 spiro atoms. The molecule has 1 rings (SSSR count). The van der Waals surface area contributed by atoms with Crippen molar-refractivity contribution >= 4 is 23.6 Å². The van der Waals surface area contributed by atoms with Crippen molar-refractivity contribution < 1.29 is 13.9 Å². The molecular weight excluding hydrogens is 219 g/mol. The first-order chi connectivity index (χ1) is 7.13. The molecule has 0 aliphatic carbocycles. The van der Waals surface area contributed by atoms with Crippen LogP contribution in [0.25, 0.3) is 6.08 Å². The lowest BCUT2D eigenvalue weighted by molar-refractivity contribution is -0.137. The summed E-state index contributed by atoms with van der Waals surface area (Å²) in [5.41, 5.74) is 0.260. The van der Waals surface area contributed by atoms with Crippen LogP contribution in [0, 0.1) is 5.82 Å². The van der Waals surface area contributed by atoms with Crippen LogP contribution in [0.2, 0.25) is 5.02 Å². The van der Waals surface area contributed by atoms with Gasteiger partial charge in [-0.2, -0.15) is 0 Å². The highest BCUT2D eigenvalue weighted by molar-refractivity contribution is 6.30. The minimum Gasteiger partial charge on any atom is -0.463 e. The lowest BCUT2D eigenvalue weighted by atomic mass is 10.2. The van der Waals surface area contributed by atoms with Crippen molar-refractivity contribution in [2.24, 2.45) is 0 Å². The van der Waals surface area contributed by atoms with Gasteiger partial charge in [0.25, 0.3) is 0 Å². The van der Waals surface area contributed by atoms with Gasteiger partial charge in [-0.15, -0.1) is 0 Å². The van der Waals surface area contributed by atoms with Crippen molar-refractivity contribution in [2.75, 3.05) is 6.61 Å². The molecule has 2 nitrogen and oxygen atoms in total. The molecule has 0 fully saturated rings. The van der Waals surface area contributed by atoms with E-state index in [1.165, 1.54) is 24.3 Å². The smallest absolute Gasteiger partial charge is 0.330 e. The van der Waals surface area contributed by atoms with E-state index in [4.69, 9.17) is 11.6 Å². The Labute approximate surface area is 92.3 Å². The summed E-state index contributed by atoms with van der Waals surface area (Å²) >= 11 is 5.68. The van der Waals surface area contributed by atoms with E-state index in [0.29, 0.717) is 11.6 Å². The van der Waals surface area contributed by atoms with Gasteiger partial charge in [-0.05, 0) is 31.2 Å². The lowest BCUT2D eigenvalue weighted by Gasteiger charge is -1.98. The summed E-state index contributed by atoms with van der Waals surface area (Å²) in [6, 6.07) is 4.12. The van der Waals surface area contributed by atoms with E-state index in [-0.39, 0.29) is 5.56 Å². The summed E-state index contributed by atoms with van der Waals surface area (Å²) in [5, 5.41) is 0.417. The molecule has 0 radical (unpaired) electrons. The van der Waals surface area contributed by atoms with Gasteiger partial charge in [0.2, 0.25) is 0 Å². The third-order valence-corrected chi connectivity index (χ3v) is 1.88. The highest BCUT2D eigenvalue weighted by Gasteiger charge is 2.00. The first-order valence-electron chi connectivity index (χ1n) is 4.43. The topological polar surface area (TPSA) is 26.3 Å². The molecule has 4 heteroatoms. The van der Waals surface area contributed by atoms with E-state index < -0.39 is 11.8 Å². The van der Waals surface area contributed by atoms with Gasteiger partial charge in [-0.1, -0.05) is 11.6 Å². The first kappa shape index (κ1) is 11.7. The zero-order valence-corrected chi connectivity index (χ0v) is 8.92. The number of hydrogen-bond donors (Lipinski definition) is 0. The molecular formula is C11H10ClFO2. The van der Waals surface area contributed by atoms with Crippen molar-refractivity contribution in [3.63, 3.8) is 0 Å². The largest absolute Gasteiger partial charge is 0.463 e. The molecule has 1 aromatic rings. The second kappa shape index (κ2) is 5.51. The van der Waals surface area contributed by atoms with Crippen LogP contribution in [0.4, 0.5) is 4.39 Å². The van der Waals surface area contributed by atoms with Crippen LogP contribution in [0.15, 0.2) is 24.3 Å². The van der Waals surface area contributed by atoms with Gasteiger partial charge in [0.05, 0.1) is 6.61 Å². The highest BCUT2D eigenvalue weighted by Crippen LogP contribution is 2.15. The Balaban J connectivity index is 2.79. The predicted molar refractivity (Wildman–Crippen MR) is 57.1 cm³/mol. The van der Waals surface area contributed by atoms with E-state index >= 15 is 0 Å². The summed E-state index contributed by atoms with van der Waals surface area (Å²) in [7, 11) is 0. The number of carbonyl (C=O) groups is 1. The maximum atomic E-state index is 13.1. The molecule has 0 saturated heterocycles. The quantitative estimate of drug-likeness (QED) is 0.587. The molecule has 0 unspecified atom stereocenters. The Kier molecular flexibility index (Phi) is 4.31. The molecule has 80 valence electrons. The Morgan fingerprint density at radius 1 is 1.60 bits per heavy atom. The van der Waals surface area contributed by atoms with Crippen molar-refractivity contribution in [1.82, 2.24) is 0 Å². The van der Waals surface area contributed by atoms with Gasteiger partial charge in [-0.25, -0.2) is 9.18 Å². The average Bonchev–Trinajstić information content (AvgIpc) is 2.20. The first-order valence-corrected chi connectivity index (χ1v) is 4.81. The summed E-state index contributed by atoms with van der Waals surface area (Å²) in [5.74, 6) is -0.933. The second-order valence-corrected chi connectivity index (χ2v) is 3.19. The van der Waals surface area contributed by atoms with Gasteiger partial charge >= 0.3 is 5.97 Å². The fourth-order valence-electron chi connectivity index (χ4n) is 0.991. The minimum atomic E-state index is -0.503. The van der Waals surface area contributed by atoms with E-state index in [2.05, 4.69) is 4.74 Å². The highest BCUT2D eigenvalue weighted by atomic mass is 35.5. The molecule has 0 aromatic heterocycles. The number of benzene rings is 1. The summed E-state index contributed by atoms with van der Waals surface area (Å²) in [6.45, 7) is 1.99. The third-order valence-electron chi connectivity index (χ3n) is 1.64. The van der Waals surface area contributed by atoms with Crippen LogP contribution in [-0.4, -0.2) is 12.6 Å². The van der Waals surface area contributed by atoms with Crippen LogP contribution in [0.3, 0.4) is 0 Å². The lowest BCUT2D eigenvalue weighted by Crippen LogP contribution is -1.98. The SMILES string of the molecule is CCOC(=O)C=Cc1cc(Cl)ccc1F. The zero-order chi connectivity index (χ0) is 11.3. The van der Waals surface area contributed by atoms with Crippen molar-refractivity contribution in [3.05, 3.63) is 40.7 Å². The van der Waals surface area contributed by atoms with E-state index in [0.717, 1.165) is 6.08 Å². The van der Waals surface area contributed by atoms with Gasteiger partial charge in [0.15, 0.2) is 0 Å². The number of halogens is 2.